The maximum absolute atomic E-state index is 4.40. The molecule has 0 aromatic carbocycles. The minimum Gasteiger partial charge on any atom is -0.355 e. The highest BCUT2D eigenvalue weighted by molar-refractivity contribution is 9.10. The minimum atomic E-state index is 0. The van der Waals surface area contributed by atoms with Crippen molar-refractivity contribution in [1.82, 2.24) is 10.3 Å². The molecule has 2 rings (SSSR count). The van der Waals surface area contributed by atoms with Gasteiger partial charge in [0.25, 0.3) is 0 Å². The van der Waals surface area contributed by atoms with Crippen molar-refractivity contribution in [3.8, 4) is 0 Å². The molecule has 1 atom stereocenters. The van der Waals surface area contributed by atoms with E-state index >= 15 is 0 Å². The molecule has 1 saturated heterocycles. The van der Waals surface area contributed by atoms with Crippen LogP contribution < -0.4 is 10.2 Å². The van der Waals surface area contributed by atoms with E-state index in [-0.39, 0.29) is 12.4 Å². The second kappa shape index (κ2) is 6.42. The fourth-order valence-corrected chi connectivity index (χ4v) is 2.16. The Morgan fingerprint density at radius 2 is 2.31 bits per heavy atom. The number of halogens is 2. The summed E-state index contributed by atoms with van der Waals surface area (Å²) in [7, 11) is 2.12. The molecule has 3 nitrogen and oxygen atoms in total. The summed E-state index contributed by atoms with van der Waals surface area (Å²) in [4.78, 5) is 6.67. The Labute approximate surface area is 111 Å². The van der Waals surface area contributed by atoms with Crippen LogP contribution in [0.1, 0.15) is 12.8 Å². The van der Waals surface area contributed by atoms with Gasteiger partial charge in [0.2, 0.25) is 0 Å². The molecule has 5 heteroatoms. The van der Waals surface area contributed by atoms with E-state index in [0.717, 1.165) is 23.4 Å². The Kier molecular flexibility index (Phi) is 5.52. The van der Waals surface area contributed by atoms with Gasteiger partial charge in [-0.25, -0.2) is 4.98 Å². The third kappa shape index (κ3) is 3.34. The van der Waals surface area contributed by atoms with Crippen LogP contribution in [0.4, 0.5) is 5.82 Å². The highest BCUT2D eigenvalue weighted by Gasteiger charge is 2.18. The Hall–Kier alpha value is -0.320. The molecule has 0 bridgehead atoms. The normalized spacial score (nSPS) is 20.0. The van der Waals surface area contributed by atoms with Gasteiger partial charge >= 0.3 is 0 Å². The van der Waals surface area contributed by atoms with Gasteiger partial charge in [0, 0.05) is 30.3 Å². The van der Waals surface area contributed by atoms with Gasteiger partial charge in [0.1, 0.15) is 5.82 Å². The molecule has 1 aliphatic rings. The molecule has 2 heterocycles. The molecule has 0 saturated carbocycles. The molecular formula is C11H17BrClN3. The van der Waals surface area contributed by atoms with Crippen molar-refractivity contribution in [3.05, 3.63) is 22.8 Å². The van der Waals surface area contributed by atoms with Crippen LogP contribution >= 0.6 is 28.3 Å². The summed E-state index contributed by atoms with van der Waals surface area (Å²) in [6, 6.07) is 4.67. The van der Waals surface area contributed by atoms with Crippen LogP contribution in [0, 0.1) is 0 Å². The van der Waals surface area contributed by atoms with Crippen molar-refractivity contribution in [1.29, 1.82) is 0 Å². The van der Waals surface area contributed by atoms with Gasteiger partial charge in [0.05, 0.1) is 0 Å². The smallest absolute Gasteiger partial charge is 0.128 e. The van der Waals surface area contributed by atoms with Crippen LogP contribution in [-0.4, -0.2) is 31.2 Å². The monoisotopic (exact) mass is 305 g/mol. The zero-order valence-electron chi connectivity index (χ0n) is 9.32. The first-order valence-corrected chi connectivity index (χ1v) is 6.12. The summed E-state index contributed by atoms with van der Waals surface area (Å²) in [6.07, 6.45) is 4.36. The van der Waals surface area contributed by atoms with E-state index in [2.05, 4.69) is 44.2 Å². The zero-order chi connectivity index (χ0) is 10.7. The summed E-state index contributed by atoms with van der Waals surface area (Å²) >= 11 is 3.40. The Morgan fingerprint density at radius 1 is 1.50 bits per heavy atom. The largest absolute Gasteiger partial charge is 0.355 e. The van der Waals surface area contributed by atoms with Crippen LogP contribution in [0.15, 0.2) is 22.8 Å². The summed E-state index contributed by atoms with van der Waals surface area (Å²) in [5.41, 5.74) is 0. The number of hydrogen-bond acceptors (Lipinski definition) is 3. The first-order valence-electron chi connectivity index (χ1n) is 5.32. The molecule has 16 heavy (non-hydrogen) atoms. The first kappa shape index (κ1) is 13.7. The van der Waals surface area contributed by atoms with E-state index in [1.54, 1.807) is 0 Å². The van der Waals surface area contributed by atoms with E-state index in [4.69, 9.17) is 0 Å². The number of hydrogen-bond donors (Lipinski definition) is 1. The summed E-state index contributed by atoms with van der Waals surface area (Å²) < 4.78 is 1.03. The molecule has 1 aliphatic heterocycles. The average Bonchev–Trinajstić information content (AvgIpc) is 2.30. The molecule has 0 amide bonds. The maximum Gasteiger partial charge on any atom is 0.128 e. The molecular weight excluding hydrogens is 289 g/mol. The van der Waals surface area contributed by atoms with Gasteiger partial charge in [-0.2, -0.15) is 0 Å². The van der Waals surface area contributed by atoms with Gasteiger partial charge in [-0.05, 0) is 47.4 Å². The van der Waals surface area contributed by atoms with E-state index in [1.807, 2.05) is 12.3 Å². The number of pyridine rings is 1. The number of rotatable bonds is 2. The quantitative estimate of drug-likeness (QED) is 0.910. The van der Waals surface area contributed by atoms with Gasteiger partial charge in [-0.1, -0.05) is 0 Å². The van der Waals surface area contributed by atoms with Gasteiger partial charge < -0.3 is 10.2 Å². The molecule has 1 aromatic heterocycles. The number of anilines is 1. The standard InChI is InChI=1S/C11H16BrN3.ClH/c1-15(10-3-2-6-13-8-10)11-5-4-9(12)7-14-11;/h4-5,7,10,13H,2-3,6,8H2,1H3;1H/t10-;/m1./s1. The molecule has 0 unspecified atom stereocenters. The SMILES string of the molecule is CN(c1ccc(Br)cn1)[C@@H]1CCCNC1.Cl. The van der Waals surface area contributed by atoms with E-state index in [9.17, 15) is 0 Å². The van der Waals surface area contributed by atoms with Gasteiger partial charge in [-0.15, -0.1) is 12.4 Å². The lowest BCUT2D eigenvalue weighted by Crippen LogP contribution is -2.44. The molecule has 1 N–H and O–H groups in total. The van der Waals surface area contributed by atoms with Crippen molar-refractivity contribution in [2.45, 2.75) is 18.9 Å². The molecule has 0 spiro atoms. The fraction of sp³-hybridized carbons (Fsp3) is 0.545. The fourth-order valence-electron chi connectivity index (χ4n) is 1.93. The Balaban J connectivity index is 0.00000128. The maximum atomic E-state index is 4.40. The van der Waals surface area contributed by atoms with Gasteiger partial charge in [0.15, 0.2) is 0 Å². The summed E-state index contributed by atoms with van der Waals surface area (Å²) in [6.45, 7) is 2.21. The number of likely N-dealkylation sites (N-methyl/N-ethyl adjacent to an activating group) is 1. The van der Waals surface area contributed by atoms with E-state index < -0.39 is 0 Å². The molecule has 1 fully saturated rings. The van der Waals surface area contributed by atoms with Gasteiger partial charge in [-0.3, -0.25) is 0 Å². The number of nitrogens with one attached hydrogen (secondary N) is 1. The van der Waals surface area contributed by atoms with Crippen LogP contribution in [0.5, 0.6) is 0 Å². The lowest BCUT2D eigenvalue weighted by molar-refractivity contribution is 0.443. The zero-order valence-corrected chi connectivity index (χ0v) is 11.7. The highest BCUT2D eigenvalue weighted by atomic mass is 79.9. The second-order valence-electron chi connectivity index (χ2n) is 3.95. The Bertz CT molecular complexity index is 312. The lowest BCUT2D eigenvalue weighted by Gasteiger charge is -2.32. The third-order valence-corrected chi connectivity index (χ3v) is 3.36. The lowest BCUT2D eigenvalue weighted by atomic mass is 10.1. The Morgan fingerprint density at radius 3 is 2.88 bits per heavy atom. The van der Waals surface area contributed by atoms with Crippen LogP contribution in [0.3, 0.4) is 0 Å². The van der Waals surface area contributed by atoms with Crippen LogP contribution in [-0.2, 0) is 0 Å². The van der Waals surface area contributed by atoms with E-state index in [0.29, 0.717) is 6.04 Å². The predicted octanol–water partition coefficient (Wildman–Crippen LogP) is 2.45. The summed E-state index contributed by atoms with van der Waals surface area (Å²) in [5, 5.41) is 3.42. The number of aromatic nitrogens is 1. The van der Waals surface area contributed by atoms with Crippen molar-refractivity contribution >= 4 is 34.2 Å². The minimum absolute atomic E-state index is 0. The van der Waals surface area contributed by atoms with E-state index in [1.165, 1.54) is 12.8 Å². The average molecular weight is 307 g/mol. The molecule has 90 valence electrons. The predicted molar refractivity (Wildman–Crippen MR) is 73.5 cm³/mol. The van der Waals surface area contributed by atoms with Crippen molar-refractivity contribution in [2.75, 3.05) is 25.0 Å². The molecule has 0 radical (unpaired) electrons. The highest BCUT2D eigenvalue weighted by Crippen LogP contribution is 2.18. The molecule has 1 aromatic rings. The summed E-state index contributed by atoms with van der Waals surface area (Å²) in [5.74, 6) is 1.05. The second-order valence-corrected chi connectivity index (χ2v) is 4.86. The van der Waals surface area contributed by atoms with Crippen LogP contribution in [0.2, 0.25) is 0 Å². The topological polar surface area (TPSA) is 28.2 Å². The van der Waals surface area contributed by atoms with Crippen molar-refractivity contribution in [2.24, 2.45) is 0 Å². The van der Waals surface area contributed by atoms with Crippen LogP contribution in [0.25, 0.3) is 0 Å². The molecule has 0 aliphatic carbocycles. The first-order chi connectivity index (χ1) is 7.27. The number of piperidine rings is 1. The van der Waals surface area contributed by atoms with Crippen molar-refractivity contribution in [3.63, 3.8) is 0 Å². The third-order valence-electron chi connectivity index (χ3n) is 2.89. The number of nitrogens with zero attached hydrogens (tertiary/aromatic N) is 2. The van der Waals surface area contributed by atoms with Crippen molar-refractivity contribution < 1.29 is 0 Å².